The Kier molecular flexibility index (Phi) is 6.66. The molecule has 3 heteroatoms. The van der Waals surface area contributed by atoms with Crippen molar-refractivity contribution in [1.82, 2.24) is 10.3 Å². The van der Waals surface area contributed by atoms with E-state index < -0.39 is 0 Å². The minimum atomic E-state index is 0.126. The molecule has 0 unspecified atom stereocenters. The average Bonchev–Trinajstić information content (AvgIpc) is 2.44. The van der Waals surface area contributed by atoms with Crippen molar-refractivity contribution in [2.24, 2.45) is 0 Å². The minimum Gasteiger partial charge on any atom is -0.355 e. The van der Waals surface area contributed by atoms with Gasteiger partial charge in [-0.25, -0.2) is 4.98 Å². The molecule has 21 heavy (non-hydrogen) atoms. The molecule has 0 spiro atoms. The molecule has 1 aromatic rings. The van der Waals surface area contributed by atoms with Crippen LogP contribution in [0.4, 0.5) is 5.82 Å². The standard InChI is InChI=1S/C18H33N3/c1-8-10-16-11-15(13-19-14(3)4)12-17(20-16)21(7)18(5,6)9-2/h11-12,14,19H,8-10,13H2,1-7H3. The quantitative estimate of drug-likeness (QED) is 0.779. The van der Waals surface area contributed by atoms with Gasteiger partial charge in [-0.3, -0.25) is 0 Å². The zero-order chi connectivity index (χ0) is 16.0. The molecule has 1 N–H and O–H groups in total. The van der Waals surface area contributed by atoms with Gasteiger partial charge in [0.1, 0.15) is 5.82 Å². The van der Waals surface area contributed by atoms with Crippen LogP contribution < -0.4 is 10.2 Å². The monoisotopic (exact) mass is 291 g/mol. The molecule has 0 aliphatic rings. The van der Waals surface area contributed by atoms with Crippen LogP contribution >= 0.6 is 0 Å². The van der Waals surface area contributed by atoms with Crippen molar-refractivity contribution in [3.05, 3.63) is 23.4 Å². The van der Waals surface area contributed by atoms with Crippen molar-refractivity contribution >= 4 is 5.82 Å². The fourth-order valence-corrected chi connectivity index (χ4v) is 2.16. The number of nitrogens with zero attached hydrogens (tertiary/aromatic N) is 2. The summed E-state index contributed by atoms with van der Waals surface area (Å²) in [5, 5.41) is 3.50. The second kappa shape index (κ2) is 7.79. The molecule has 0 bridgehead atoms. The molecule has 1 rings (SSSR count). The van der Waals surface area contributed by atoms with E-state index in [0.717, 1.165) is 31.6 Å². The van der Waals surface area contributed by atoms with Crippen LogP contribution in [0, 0.1) is 0 Å². The molecule has 1 aromatic heterocycles. The zero-order valence-electron chi connectivity index (χ0n) is 15.0. The lowest BCUT2D eigenvalue weighted by molar-refractivity contribution is 0.466. The van der Waals surface area contributed by atoms with E-state index in [2.05, 4.69) is 70.9 Å². The third kappa shape index (κ3) is 5.31. The lowest BCUT2D eigenvalue weighted by Crippen LogP contribution is -2.41. The van der Waals surface area contributed by atoms with Gasteiger partial charge >= 0.3 is 0 Å². The molecule has 0 fully saturated rings. The highest BCUT2D eigenvalue weighted by atomic mass is 15.2. The maximum Gasteiger partial charge on any atom is 0.129 e. The summed E-state index contributed by atoms with van der Waals surface area (Å²) >= 11 is 0. The van der Waals surface area contributed by atoms with E-state index in [-0.39, 0.29) is 5.54 Å². The van der Waals surface area contributed by atoms with Gasteiger partial charge in [0.25, 0.3) is 0 Å². The Labute approximate surface area is 131 Å². The molecule has 0 saturated heterocycles. The normalized spacial score (nSPS) is 12.0. The first-order chi connectivity index (χ1) is 9.80. The van der Waals surface area contributed by atoms with Gasteiger partial charge in [-0.05, 0) is 44.4 Å². The van der Waals surface area contributed by atoms with E-state index in [1.165, 1.54) is 11.3 Å². The molecule has 0 amide bonds. The van der Waals surface area contributed by atoms with E-state index in [9.17, 15) is 0 Å². The van der Waals surface area contributed by atoms with Gasteiger partial charge in [0, 0.05) is 30.9 Å². The molecule has 0 atom stereocenters. The fraction of sp³-hybridized carbons (Fsp3) is 0.722. The first kappa shape index (κ1) is 18.0. The van der Waals surface area contributed by atoms with Crippen LogP contribution in [0.2, 0.25) is 0 Å². The first-order valence-corrected chi connectivity index (χ1v) is 8.27. The van der Waals surface area contributed by atoms with Crippen LogP contribution in [0.5, 0.6) is 0 Å². The van der Waals surface area contributed by atoms with E-state index in [4.69, 9.17) is 4.98 Å². The lowest BCUT2D eigenvalue weighted by atomic mass is 9.99. The SMILES string of the molecule is CCCc1cc(CNC(C)C)cc(N(C)C(C)(C)CC)n1. The number of hydrogen-bond donors (Lipinski definition) is 1. The second-order valence-corrected chi connectivity index (χ2v) is 6.84. The van der Waals surface area contributed by atoms with Crippen molar-refractivity contribution in [1.29, 1.82) is 0 Å². The molecule has 3 nitrogen and oxygen atoms in total. The predicted octanol–water partition coefficient (Wildman–Crippen LogP) is 4.16. The van der Waals surface area contributed by atoms with Gasteiger partial charge in [0.15, 0.2) is 0 Å². The van der Waals surface area contributed by atoms with Crippen molar-refractivity contribution in [3.63, 3.8) is 0 Å². The highest BCUT2D eigenvalue weighted by Gasteiger charge is 2.23. The van der Waals surface area contributed by atoms with Crippen LogP contribution in [0.15, 0.2) is 12.1 Å². The lowest BCUT2D eigenvalue weighted by Gasteiger charge is -2.36. The molecule has 0 aliphatic carbocycles. The number of nitrogens with one attached hydrogen (secondary N) is 1. The number of hydrogen-bond acceptors (Lipinski definition) is 3. The molecule has 0 aliphatic heterocycles. The number of rotatable bonds is 8. The topological polar surface area (TPSA) is 28.2 Å². The Hall–Kier alpha value is -1.09. The summed E-state index contributed by atoms with van der Waals surface area (Å²) in [6.45, 7) is 14.3. The van der Waals surface area contributed by atoms with Gasteiger partial charge in [-0.2, -0.15) is 0 Å². The summed E-state index contributed by atoms with van der Waals surface area (Å²) in [6, 6.07) is 4.97. The van der Waals surface area contributed by atoms with Gasteiger partial charge < -0.3 is 10.2 Å². The van der Waals surface area contributed by atoms with E-state index in [1.54, 1.807) is 0 Å². The average molecular weight is 291 g/mol. The largest absolute Gasteiger partial charge is 0.355 e. The van der Waals surface area contributed by atoms with E-state index in [0.29, 0.717) is 6.04 Å². The Balaban J connectivity index is 3.06. The molecular formula is C18H33N3. The number of pyridine rings is 1. The Bertz CT molecular complexity index is 438. The maximum atomic E-state index is 4.86. The summed E-state index contributed by atoms with van der Waals surface area (Å²) in [6.07, 6.45) is 3.28. The minimum absolute atomic E-state index is 0.126. The Morgan fingerprint density at radius 2 is 1.90 bits per heavy atom. The van der Waals surface area contributed by atoms with Gasteiger partial charge in [0.2, 0.25) is 0 Å². The third-order valence-corrected chi connectivity index (χ3v) is 4.26. The summed E-state index contributed by atoms with van der Waals surface area (Å²) in [5.74, 6) is 1.09. The summed E-state index contributed by atoms with van der Waals surface area (Å²) in [4.78, 5) is 7.17. The molecule has 0 saturated carbocycles. The van der Waals surface area contributed by atoms with Gasteiger partial charge in [-0.15, -0.1) is 0 Å². The smallest absolute Gasteiger partial charge is 0.129 e. The fourth-order valence-electron chi connectivity index (χ4n) is 2.16. The first-order valence-electron chi connectivity index (χ1n) is 8.27. The second-order valence-electron chi connectivity index (χ2n) is 6.84. The molecular weight excluding hydrogens is 258 g/mol. The van der Waals surface area contributed by atoms with Gasteiger partial charge in [-0.1, -0.05) is 34.1 Å². The Morgan fingerprint density at radius 3 is 2.43 bits per heavy atom. The summed E-state index contributed by atoms with van der Waals surface area (Å²) < 4.78 is 0. The van der Waals surface area contributed by atoms with Crippen molar-refractivity contribution < 1.29 is 0 Å². The van der Waals surface area contributed by atoms with Crippen LogP contribution in [0.3, 0.4) is 0 Å². The molecule has 1 heterocycles. The van der Waals surface area contributed by atoms with Crippen LogP contribution in [0.25, 0.3) is 0 Å². The number of aromatic nitrogens is 1. The Morgan fingerprint density at radius 1 is 1.24 bits per heavy atom. The number of anilines is 1. The maximum absolute atomic E-state index is 4.86. The van der Waals surface area contributed by atoms with E-state index >= 15 is 0 Å². The zero-order valence-corrected chi connectivity index (χ0v) is 15.0. The molecule has 120 valence electrons. The third-order valence-electron chi connectivity index (χ3n) is 4.26. The van der Waals surface area contributed by atoms with Gasteiger partial charge in [0.05, 0.1) is 0 Å². The molecule has 0 aromatic carbocycles. The van der Waals surface area contributed by atoms with E-state index in [1.807, 2.05) is 0 Å². The van der Waals surface area contributed by atoms with Crippen LogP contribution in [-0.2, 0) is 13.0 Å². The van der Waals surface area contributed by atoms with Crippen LogP contribution in [-0.4, -0.2) is 23.6 Å². The van der Waals surface area contributed by atoms with Crippen molar-refractivity contribution in [3.8, 4) is 0 Å². The predicted molar refractivity (Wildman–Crippen MR) is 93.0 cm³/mol. The highest BCUT2D eigenvalue weighted by Crippen LogP contribution is 2.24. The number of aryl methyl sites for hydroxylation is 1. The summed E-state index contributed by atoms with van der Waals surface area (Å²) in [5.41, 5.74) is 2.66. The highest BCUT2D eigenvalue weighted by molar-refractivity contribution is 5.44. The summed E-state index contributed by atoms with van der Waals surface area (Å²) in [7, 11) is 2.15. The van der Waals surface area contributed by atoms with Crippen LogP contribution in [0.1, 0.15) is 65.6 Å². The van der Waals surface area contributed by atoms with Crippen molar-refractivity contribution in [2.45, 2.75) is 78.9 Å². The van der Waals surface area contributed by atoms with Crippen molar-refractivity contribution in [2.75, 3.05) is 11.9 Å². The molecule has 0 radical (unpaired) electrons.